The smallest absolute Gasteiger partial charge is 0.322 e. The molecule has 3 N–H and O–H groups in total. The molecular weight excluding hydrogens is 220 g/mol. The van der Waals surface area contributed by atoms with Crippen LogP contribution in [-0.4, -0.2) is 21.0 Å². The number of oxime groups is 1. The van der Waals surface area contributed by atoms with Crippen molar-refractivity contribution in [1.29, 1.82) is 0 Å². The van der Waals surface area contributed by atoms with E-state index in [1.54, 1.807) is 12.1 Å². The molecule has 0 bridgehead atoms. The summed E-state index contributed by atoms with van der Waals surface area (Å²) in [7, 11) is 0. The van der Waals surface area contributed by atoms with Gasteiger partial charge in [-0.1, -0.05) is 23.4 Å². The van der Waals surface area contributed by atoms with Crippen LogP contribution >= 0.6 is 0 Å². The minimum absolute atomic E-state index is 0.0923. The van der Waals surface area contributed by atoms with Gasteiger partial charge >= 0.3 is 6.01 Å². The van der Waals surface area contributed by atoms with Crippen molar-refractivity contribution < 1.29 is 9.94 Å². The van der Waals surface area contributed by atoms with Gasteiger partial charge in [0.2, 0.25) is 0 Å². The Balaban J connectivity index is 2.23. The number of benzene rings is 1. The maximum atomic E-state index is 8.53. The lowest BCUT2D eigenvalue weighted by atomic mass is 10.3. The number of ether oxygens (including phenoxy) is 1. The average Bonchev–Trinajstić information content (AvgIpc) is 2.39. The fourth-order valence-corrected chi connectivity index (χ4v) is 1.18. The van der Waals surface area contributed by atoms with Crippen LogP contribution in [0.2, 0.25) is 0 Å². The third kappa shape index (κ3) is 2.69. The molecule has 0 unspecified atom stereocenters. The van der Waals surface area contributed by atoms with Crippen LogP contribution in [0.25, 0.3) is 0 Å². The van der Waals surface area contributed by atoms with Crippen molar-refractivity contribution in [3.63, 3.8) is 0 Å². The van der Waals surface area contributed by atoms with Gasteiger partial charge in [0.15, 0.2) is 5.84 Å². The first-order chi connectivity index (χ1) is 8.29. The minimum atomic E-state index is -0.0923. The van der Waals surface area contributed by atoms with E-state index in [0.717, 1.165) is 0 Å². The van der Waals surface area contributed by atoms with Crippen LogP contribution < -0.4 is 10.5 Å². The summed E-state index contributed by atoms with van der Waals surface area (Å²) < 4.78 is 5.40. The number of nitrogens with zero attached hydrogens (tertiary/aromatic N) is 3. The van der Waals surface area contributed by atoms with Crippen molar-refractivity contribution in [1.82, 2.24) is 9.97 Å². The van der Waals surface area contributed by atoms with Crippen molar-refractivity contribution in [2.75, 3.05) is 0 Å². The summed E-state index contributed by atoms with van der Waals surface area (Å²) in [6.07, 6.45) is 1.47. The Labute approximate surface area is 97.4 Å². The zero-order valence-electron chi connectivity index (χ0n) is 8.82. The Hall–Kier alpha value is -2.63. The van der Waals surface area contributed by atoms with E-state index < -0.39 is 0 Å². The van der Waals surface area contributed by atoms with Crippen LogP contribution in [0, 0.1) is 0 Å². The molecule has 0 aliphatic rings. The number of nitrogens with two attached hydrogens (primary N) is 1. The molecule has 0 aliphatic carbocycles. The van der Waals surface area contributed by atoms with Crippen molar-refractivity contribution in [3.05, 3.63) is 48.3 Å². The lowest BCUT2D eigenvalue weighted by molar-refractivity contribution is 0.318. The van der Waals surface area contributed by atoms with Crippen LogP contribution in [0.15, 0.2) is 47.8 Å². The second-order valence-electron chi connectivity index (χ2n) is 3.12. The maximum Gasteiger partial charge on any atom is 0.322 e. The van der Waals surface area contributed by atoms with E-state index in [4.69, 9.17) is 15.7 Å². The molecule has 17 heavy (non-hydrogen) atoms. The van der Waals surface area contributed by atoms with Gasteiger partial charge < -0.3 is 15.7 Å². The second-order valence-corrected chi connectivity index (χ2v) is 3.12. The van der Waals surface area contributed by atoms with E-state index in [1.807, 2.05) is 18.2 Å². The molecule has 0 saturated carbocycles. The lowest BCUT2D eigenvalue weighted by Crippen LogP contribution is -2.15. The highest BCUT2D eigenvalue weighted by atomic mass is 16.5. The number of para-hydroxylation sites is 1. The van der Waals surface area contributed by atoms with Crippen molar-refractivity contribution >= 4 is 5.84 Å². The summed E-state index contributed by atoms with van der Waals surface area (Å²) in [5, 5.41) is 11.4. The standard InChI is InChI=1S/C11H10N4O2/c12-10(15-16)9-6-7-13-11(14-9)17-8-4-2-1-3-5-8/h1-7,16H,(H2,12,15). The number of amidine groups is 1. The zero-order chi connectivity index (χ0) is 12.1. The highest BCUT2D eigenvalue weighted by Crippen LogP contribution is 2.16. The first-order valence-corrected chi connectivity index (χ1v) is 4.83. The molecule has 1 aromatic heterocycles. The van der Waals surface area contributed by atoms with Gasteiger partial charge in [-0.2, -0.15) is 4.98 Å². The molecule has 2 rings (SSSR count). The minimum Gasteiger partial charge on any atom is -0.424 e. The summed E-state index contributed by atoms with van der Waals surface area (Å²) in [4.78, 5) is 7.92. The Kier molecular flexibility index (Phi) is 3.15. The van der Waals surface area contributed by atoms with Crippen molar-refractivity contribution in [3.8, 4) is 11.8 Å². The molecule has 0 aliphatic heterocycles. The molecule has 0 spiro atoms. The summed E-state index contributed by atoms with van der Waals surface area (Å²) in [6, 6.07) is 10.8. The molecule has 1 aromatic carbocycles. The fraction of sp³-hybridized carbons (Fsp3) is 0. The summed E-state index contributed by atoms with van der Waals surface area (Å²) in [5.41, 5.74) is 5.71. The fourth-order valence-electron chi connectivity index (χ4n) is 1.18. The van der Waals surface area contributed by atoms with E-state index in [2.05, 4.69) is 15.1 Å². The molecule has 2 aromatic rings. The van der Waals surface area contributed by atoms with Crippen LogP contribution in [0.1, 0.15) is 5.69 Å². The zero-order valence-corrected chi connectivity index (χ0v) is 8.82. The molecular formula is C11H10N4O2. The van der Waals surface area contributed by atoms with Gasteiger partial charge in [0.25, 0.3) is 0 Å². The van der Waals surface area contributed by atoms with E-state index >= 15 is 0 Å². The molecule has 0 radical (unpaired) electrons. The molecule has 1 heterocycles. The largest absolute Gasteiger partial charge is 0.424 e. The molecule has 0 amide bonds. The van der Waals surface area contributed by atoms with Gasteiger partial charge in [-0.15, -0.1) is 0 Å². The third-order valence-corrected chi connectivity index (χ3v) is 1.96. The van der Waals surface area contributed by atoms with Crippen LogP contribution in [0.5, 0.6) is 11.8 Å². The van der Waals surface area contributed by atoms with Crippen LogP contribution in [0.3, 0.4) is 0 Å². The van der Waals surface area contributed by atoms with Crippen molar-refractivity contribution in [2.24, 2.45) is 10.9 Å². The van der Waals surface area contributed by atoms with E-state index in [0.29, 0.717) is 11.4 Å². The third-order valence-electron chi connectivity index (χ3n) is 1.96. The molecule has 6 nitrogen and oxygen atoms in total. The highest BCUT2D eigenvalue weighted by Gasteiger charge is 2.05. The molecule has 0 atom stereocenters. The average molecular weight is 230 g/mol. The Morgan fingerprint density at radius 2 is 2.00 bits per heavy atom. The Morgan fingerprint density at radius 1 is 1.24 bits per heavy atom. The topological polar surface area (TPSA) is 93.6 Å². The monoisotopic (exact) mass is 230 g/mol. The predicted octanol–water partition coefficient (Wildman–Crippen LogP) is 1.36. The molecule has 0 fully saturated rings. The summed E-state index contributed by atoms with van der Waals surface area (Å²) in [6.45, 7) is 0. The SMILES string of the molecule is N/C(=N/O)c1ccnc(Oc2ccccc2)n1. The molecule has 0 saturated heterocycles. The van der Waals surface area contributed by atoms with E-state index in [-0.39, 0.29) is 11.8 Å². The van der Waals surface area contributed by atoms with E-state index in [9.17, 15) is 0 Å². The summed E-state index contributed by atoms with van der Waals surface area (Å²) >= 11 is 0. The first-order valence-electron chi connectivity index (χ1n) is 4.83. The van der Waals surface area contributed by atoms with Gasteiger partial charge in [0, 0.05) is 6.20 Å². The number of rotatable bonds is 3. The van der Waals surface area contributed by atoms with Crippen molar-refractivity contribution in [2.45, 2.75) is 0 Å². The quantitative estimate of drug-likeness (QED) is 0.359. The summed E-state index contributed by atoms with van der Waals surface area (Å²) in [5.74, 6) is 0.523. The van der Waals surface area contributed by atoms with Gasteiger partial charge in [-0.05, 0) is 18.2 Å². The normalized spacial score (nSPS) is 11.2. The number of hydrogen-bond acceptors (Lipinski definition) is 5. The van der Waals surface area contributed by atoms with Crippen LogP contribution in [-0.2, 0) is 0 Å². The number of aromatic nitrogens is 2. The Bertz CT molecular complexity index is 528. The van der Waals surface area contributed by atoms with Gasteiger partial charge in [-0.3, -0.25) is 0 Å². The van der Waals surface area contributed by atoms with Gasteiger partial charge in [-0.25, -0.2) is 4.98 Å². The highest BCUT2D eigenvalue weighted by molar-refractivity contribution is 5.95. The molecule has 86 valence electrons. The first kappa shape index (κ1) is 10.9. The van der Waals surface area contributed by atoms with Gasteiger partial charge in [0.1, 0.15) is 11.4 Å². The van der Waals surface area contributed by atoms with E-state index in [1.165, 1.54) is 12.3 Å². The van der Waals surface area contributed by atoms with Gasteiger partial charge in [0.05, 0.1) is 0 Å². The number of hydrogen-bond donors (Lipinski definition) is 2. The second kappa shape index (κ2) is 4.93. The predicted molar refractivity (Wildman–Crippen MR) is 61.1 cm³/mol. The van der Waals surface area contributed by atoms with Crippen LogP contribution in [0.4, 0.5) is 0 Å². The molecule has 6 heteroatoms. The Morgan fingerprint density at radius 3 is 2.71 bits per heavy atom. The maximum absolute atomic E-state index is 8.53. The lowest BCUT2D eigenvalue weighted by Gasteiger charge is -2.04.